The third-order valence-corrected chi connectivity index (χ3v) is 5.63. The topological polar surface area (TPSA) is 14.7 Å². The van der Waals surface area contributed by atoms with E-state index in [0.717, 1.165) is 32.7 Å². The van der Waals surface area contributed by atoms with Crippen molar-refractivity contribution in [3.63, 3.8) is 0 Å². The molecule has 24 heavy (non-hydrogen) atoms. The zero-order valence-corrected chi connectivity index (χ0v) is 15.0. The van der Waals surface area contributed by atoms with Crippen LogP contribution < -0.4 is 5.01 Å². The summed E-state index contributed by atoms with van der Waals surface area (Å²) in [7, 11) is 0. The van der Waals surface area contributed by atoms with Crippen LogP contribution in [0.15, 0.2) is 24.4 Å². The summed E-state index contributed by atoms with van der Waals surface area (Å²) < 4.78 is 2.40. The van der Waals surface area contributed by atoms with Gasteiger partial charge in [0.05, 0.1) is 5.52 Å². The molecule has 2 aliphatic rings. The Morgan fingerprint density at radius 2 is 1.79 bits per heavy atom. The number of piperazine rings is 1. The van der Waals surface area contributed by atoms with Crippen molar-refractivity contribution in [2.24, 2.45) is 0 Å². The Labute approximate surface area is 145 Å². The fourth-order valence-corrected chi connectivity index (χ4v) is 4.15. The first-order valence-electron chi connectivity index (χ1n) is 9.44. The molecule has 0 bridgehead atoms. The molecule has 2 aliphatic heterocycles. The molecule has 3 heterocycles. The summed E-state index contributed by atoms with van der Waals surface area (Å²) in [5.74, 6) is 0. The number of aromatic nitrogens is 1. The second-order valence-electron chi connectivity index (χ2n) is 7.51. The molecule has 4 heteroatoms. The molecule has 0 unspecified atom stereocenters. The van der Waals surface area contributed by atoms with Gasteiger partial charge in [-0.2, -0.15) is 0 Å². The van der Waals surface area contributed by atoms with Crippen LogP contribution in [-0.2, 0) is 6.54 Å². The smallest absolute Gasteiger partial charge is 0.0704 e. The Kier molecular flexibility index (Phi) is 4.51. The number of rotatable bonds is 4. The highest BCUT2D eigenvalue weighted by molar-refractivity contribution is 5.84. The van der Waals surface area contributed by atoms with Gasteiger partial charge in [-0.15, -0.1) is 0 Å². The molecule has 0 amide bonds. The minimum atomic E-state index is 0.646. The number of fused-ring (bicyclic) bond motifs is 1. The van der Waals surface area contributed by atoms with Crippen molar-refractivity contribution in [3.8, 4) is 0 Å². The highest BCUT2D eigenvalue weighted by Crippen LogP contribution is 2.24. The summed E-state index contributed by atoms with van der Waals surface area (Å²) in [5.41, 5.74) is 2.77. The molecule has 0 spiro atoms. The lowest BCUT2D eigenvalue weighted by molar-refractivity contribution is 0.197. The van der Waals surface area contributed by atoms with Gasteiger partial charge in [0.15, 0.2) is 0 Å². The van der Waals surface area contributed by atoms with Gasteiger partial charge in [-0.05, 0) is 57.5 Å². The van der Waals surface area contributed by atoms with E-state index >= 15 is 0 Å². The molecule has 0 N–H and O–H groups in total. The summed E-state index contributed by atoms with van der Waals surface area (Å²) in [6.45, 7) is 12.7. The quantitative estimate of drug-likeness (QED) is 0.859. The first kappa shape index (κ1) is 16.0. The zero-order valence-electron chi connectivity index (χ0n) is 15.0. The molecule has 0 aliphatic carbocycles. The predicted octanol–water partition coefficient (Wildman–Crippen LogP) is 2.70. The standard InChI is InChI=1S/C20H29N4/c1-17(2)22-11-13-23(14-12-22)24-16-18(15-21-9-5-6-10-21)19-7-3-4-8-20(19)24/h3,7-8,16-17H,5-6,9-15H2,1-2H3. The molecule has 4 nitrogen and oxygen atoms in total. The molecule has 1 aromatic heterocycles. The molecule has 2 aromatic rings. The Bertz CT molecular complexity index is 676. The average molecular weight is 325 g/mol. The second-order valence-corrected chi connectivity index (χ2v) is 7.51. The van der Waals surface area contributed by atoms with E-state index in [4.69, 9.17) is 0 Å². The molecular formula is C20H29N4. The van der Waals surface area contributed by atoms with Crippen LogP contribution in [0.4, 0.5) is 0 Å². The number of likely N-dealkylation sites (tertiary alicyclic amines) is 1. The highest BCUT2D eigenvalue weighted by Gasteiger charge is 2.22. The number of hydrogen-bond donors (Lipinski definition) is 0. The van der Waals surface area contributed by atoms with Crippen LogP contribution in [0.1, 0.15) is 32.3 Å². The summed E-state index contributed by atoms with van der Waals surface area (Å²) in [6, 6.07) is 10.4. The molecule has 129 valence electrons. The minimum absolute atomic E-state index is 0.646. The van der Waals surface area contributed by atoms with Gasteiger partial charge >= 0.3 is 0 Å². The normalized spacial score (nSPS) is 20.5. The van der Waals surface area contributed by atoms with Crippen LogP contribution in [0.25, 0.3) is 10.9 Å². The van der Waals surface area contributed by atoms with E-state index in [1.807, 2.05) is 0 Å². The fourth-order valence-electron chi connectivity index (χ4n) is 4.15. The maximum absolute atomic E-state index is 3.28. The van der Waals surface area contributed by atoms with Gasteiger partial charge in [0.2, 0.25) is 0 Å². The van der Waals surface area contributed by atoms with Gasteiger partial charge < -0.3 is 5.01 Å². The number of benzene rings is 1. The summed E-state index contributed by atoms with van der Waals surface area (Å²) in [6.07, 6.45) is 5.08. The first-order chi connectivity index (χ1) is 11.7. The van der Waals surface area contributed by atoms with E-state index in [9.17, 15) is 0 Å². The Morgan fingerprint density at radius 3 is 2.50 bits per heavy atom. The molecule has 0 saturated carbocycles. The van der Waals surface area contributed by atoms with E-state index in [1.54, 1.807) is 0 Å². The van der Waals surface area contributed by atoms with Crippen LogP contribution in [0.5, 0.6) is 0 Å². The van der Waals surface area contributed by atoms with Gasteiger partial charge in [-0.25, -0.2) is 0 Å². The molecule has 2 saturated heterocycles. The van der Waals surface area contributed by atoms with Crippen molar-refractivity contribution >= 4 is 10.9 Å². The lowest BCUT2D eigenvalue weighted by Gasteiger charge is -2.38. The third kappa shape index (κ3) is 3.05. The van der Waals surface area contributed by atoms with E-state index < -0.39 is 0 Å². The average Bonchev–Trinajstić information content (AvgIpc) is 3.24. The predicted molar refractivity (Wildman–Crippen MR) is 99.9 cm³/mol. The minimum Gasteiger partial charge on any atom is -0.310 e. The third-order valence-electron chi connectivity index (χ3n) is 5.63. The number of hydrogen-bond acceptors (Lipinski definition) is 3. The van der Waals surface area contributed by atoms with Crippen LogP contribution >= 0.6 is 0 Å². The lowest BCUT2D eigenvalue weighted by Crippen LogP contribution is -2.52. The summed E-state index contributed by atoms with van der Waals surface area (Å²) in [4.78, 5) is 5.16. The van der Waals surface area contributed by atoms with Crippen molar-refractivity contribution in [3.05, 3.63) is 36.0 Å². The molecular weight excluding hydrogens is 296 g/mol. The van der Waals surface area contributed by atoms with Crippen molar-refractivity contribution < 1.29 is 0 Å². The van der Waals surface area contributed by atoms with Crippen LogP contribution in [0.2, 0.25) is 0 Å². The van der Waals surface area contributed by atoms with Crippen LogP contribution in [-0.4, -0.2) is 59.8 Å². The van der Waals surface area contributed by atoms with Crippen molar-refractivity contribution in [2.45, 2.75) is 39.3 Å². The molecule has 1 aromatic carbocycles. The van der Waals surface area contributed by atoms with E-state index in [2.05, 4.69) is 63.8 Å². The Morgan fingerprint density at radius 1 is 1.04 bits per heavy atom. The van der Waals surface area contributed by atoms with Crippen molar-refractivity contribution in [1.29, 1.82) is 0 Å². The van der Waals surface area contributed by atoms with Crippen molar-refractivity contribution in [2.75, 3.05) is 44.3 Å². The van der Waals surface area contributed by atoms with Gasteiger partial charge in [0.25, 0.3) is 0 Å². The van der Waals surface area contributed by atoms with E-state index in [0.29, 0.717) is 6.04 Å². The Hall–Kier alpha value is -1.52. The summed E-state index contributed by atoms with van der Waals surface area (Å²) in [5, 5.41) is 3.90. The second kappa shape index (κ2) is 6.77. The highest BCUT2D eigenvalue weighted by atomic mass is 15.6. The number of nitrogens with zero attached hydrogens (tertiary/aromatic N) is 4. The first-order valence-corrected chi connectivity index (χ1v) is 9.44. The van der Waals surface area contributed by atoms with Gasteiger partial charge in [-0.1, -0.05) is 12.1 Å². The molecule has 4 rings (SSSR count). The fraction of sp³-hybridized carbons (Fsp3) is 0.600. The zero-order chi connectivity index (χ0) is 16.5. The molecule has 2 fully saturated rings. The molecule has 0 atom stereocenters. The largest absolute Gasteiger partial charge is 0.310 e. The van der Waals surface area contributed by atoms with Gasteiger partial charge in [0.1, 0.15) is 0 Å². The van der Waals surface area contributed by atoms with Crippen molar-refractivity contribution in [1.82, 2.24) is 14.5 Å². The SMILES string of the molecule is CC(C)N1CCN(n2cc(CN3CCCC3)c3cc[c]cc32)CC1. The summed E-state index contributed by atoms with van der Waals surface area (Å²) >= 11 is 0. The van der Waals surface area contributed by atoms with Crippen LogP contribution in [0, 0.1) is 6.07 Å². The Balaban J connectivity index is 1.59. The van der Waals surface area contributed by atoms with E-state index in [-0.39, 0.29) is 0 Å². The molecule has 1 radical (unpaired) electrons. The van der Waals surface area contributed by atoms with Gasteiger partial charge in [0, 0.05) is 50.3 Å². The maximum Gasteiger partial charge on any atom is 0.0704 e. The maximum atomic E-state index is 3.28. The van der Waals surface area contributed by atoms with E-state index in [1.165, 1.54) is 42.4 Å². The lowest BCUT2D eigenvalue weighted by atomic mass is 10.1. The van der Waals surface area contributed by atoms with Gasteiger partial charge in [-0.3, -0.25) is 14.5 Å². The van der Waals surface area contributed by atoms with Crippen LogP contribution in [0.3, 0.4) is 0 Å². The monoisotopic (exact) mass is 325 g/mol.